The number of carbonyl (C=O) groups excluding carboxylic acids is 1. The predicted octanol–water partition coefficient (Wildman–Crippen LogP) is 3.89. The van der Waals surface area contributed by atoms with Crippen molar-refractivity contribution in [1.82, 2.24) is 10.2 Å². The Morgan fingerprint density at radius 2 is 2.08 bits per heavy atom. The van der Waals surface area contributed by atoms with E-state index >= 15 is 0 Å². The molecule has 1 fully saturated rings. The van der Waals surface area contributed by atoms with Crippen molar-refractivity contribution in [2.24, 2.45) is 0 Å². The molecule has 0 bridgehead atoms. The van der Waals surface area contributed by atoms with Crippen molar-refractivity contribution in [1.29, 1.82) is 0 Å². The van der Waals surface area contributed by atoms with Crippen molar-refractivity contribution in [3.63, 3.8) is 0 Å². The zero-order chi connectivity index (χ0) is 18.4. The fourth-order valence-corrected chi connectivity index (χ4v) is 3.45. The average Bonchev–Trinajstić information content (AvgIpc) is 3.14. The van der Waals surface area contributed by atoms with Crippen LogP contribution in [0.5, 0.6) is 5.75 Å². The molecule has 0 aromatic heterocycles. The van der Waals surface area contributed by atoms with Crippen LogP contribution in [0.2, 0.25) is 5.02 Å². The summed E-state index contributed by atoms with van der Waals surface area (Å²) in [6.45, 7) is 4.09. The van der Waals surface area contributed by atoms with Gasteiger partial charge in [-0.15, -0.1) is 0 Å². The minimum atomic E-state index is -0.571. The number of amides is 1. The van der Waals surface area contributed by atoms with Crippen LogP contribution < -0.4 is 10.1 Å². The molecule has 2 atom stereocenters. The van der Waals surface area contributed by atoms with Gasteiger partial charge in [0.15, 0.2) is 6.10 Å². The lowest BCUT2D eigenvalue weighted by Gasteiger charge is -2.29. The van der Waals surface area contributed by atoms with Gasteiger partial charge < -0.3 is 15.0 Å². The van der Waals surface area contributed by atoms with Gasteiger partial charge in [0, 0.05) is 24.2 Å². The van der Waals surface area contributed by atoms with Crippen LogP contribution in [0.15, 0.2) is 54.6 Å². The fraction of sp³-hybridized carbons (Fsp3) is 0.381. The van der Waals surface area contributed by atoms with Gasteiger partial charge in [-0.25, -0.2) is 0 Å². The number of halogens is 1. The van der Waals surface area contributed by atoms with E-state index < -0.39 is 6.10 Å². The molecule has 0 spiro atoms. The van der Waals surface area contributed by atoms with Gasteiger partial charge in [-0.3, -0.25) is 4.79 Å². The molecule has 3 rings (SSSR count). The average molecular weight is 373 g/mol. The smallest absolute Gasteiger partial charge is 0.263 e. The summed E-state index contributed by atoms with van der Waals surface area (Å²) in [5.41, 5.74) is 1.12. The molecule has 1 N–H and O–H groups in total. The Balaban J connectivity index is 1.69. The second kappa shape index (κ2) is 9.06. The molecule has 4 nitrogen and oxygen atoms in total. The highest BCUT2D eigenvalue weighted by molar-refractivity contribution is 6.30. The van der Waals surface area contributed by atoms with Crippen LogP contribution in [0.1, 0.15) is 25.3 Å². The Kier molecular flexibility index (Phi) is 6.53. The van der Waals surface area contributed by atoms with Crippen LogP contribution in [0.25, 0.3) is 0 Å². The van der Waals surface area contributed by atoms with Crippen molar-refractivity contribution in [2.45, 2.75) is 38.5 Å². The fourth-order valence-electron chi connectivity index (χ4n) is 3.27. The summed E-state index contributed by atoms with van der Waals surface area (Å²) in [7, 11) is 0. The van der Waals surface area contributed by atoms with E-state index in [1.165, 1.54) is 0 Å². The molecule has 1 heterocycles. The van der Waals surface area contributed by atoms with Crippen LogP contribution in [0.3, 0.4) is 0 Å². The van der Waals surface area contributed by atoms with Gasteiger partial charge in [0.05, 0.1) is 0 Å². The summed E-state index contributed by atoms with van der Waals surface area (Å²) in [6.07, 6.45) is 1.69. The third kappa shape index (κ3) is 5.23. The summed E-state index contributed by atoms with van der Waals surface area (Å²) in [4.78, 5) is 15.0. The Labute approximate surface area is 160 Å². The zero-order valence-corrected chi connectivity index (χ0v) is 15.8. The SMILES string of the molecule is C[C@H](Oc1cccc(Cl)c1)C(=O)N(Cc1ccccc1)C[C@H]1CCCN1. The van der Waals surface area contributed by atoms with Crippen molar-refractivity contribution in [2.75, 3.05) is 13.1 Å². The molecule has 1 aliphatic heterocycles. The van der Waals surface area contributed by atoms with E-state index in [0.717, 1.165) is 24.9 Å². The second-order valence-electron chi connectivity index (χ2n) is 6.72. The number of ether oxygens (including phenoxy) is 1. The Bertz CT molecular complexity index is 717. The van der Waals surface area contributed by atoms with Crippen LogP contribution >= 0.6 is 11.6 Å². The predicted molar refractivity (Wildman–Crippen MR) is 104 cm³/mol. The Hall–Kier alpha value is -2.04. The molecule has 5 heteroatoms. The molecule has 26 heavy (non-hydrogen) atoms. The molecule has 1 amide bonds. The Morgan fingerprint density at radius 1 is 1.27 bits per heavy atom. The van der Waals surface area contributed by atoms with Gasteiger partial charge in [-0.1, -0.05) is 48.0 Å². The Morgan fingerprint density at radius 3 is 2.77 bits per heavy atom. The quantitative estimate of drug-likeness (QED) is 0.801. The van der Waals surface area contributed by atoms with Crippen molar-refractivity contribution in [3.8, 4) is 5.75 Å². The van der Waals surface area contributed by atoms with E-state index in [0.29, 0.717) is 29.9 Å². The number of carbonyl (C=O) groups is 1. The highest BCUT2D eigenvalue weighted by Gasteiger charge is 2.26. The summed E-state index contributed by atoms with van der Waals surface area (Å²) >= 11 is 6.01. The van der Waals surface area contributed by atoms with E-state index in [1.54, 1.807) is 19.1 Å². The summed E-state index contributed by atoms with van der Waals surface area (Å²) in [5, 5.41) is 4.07. The normalized spacial score (nSPS) is 17.7. The molecule has 0 radical (unpaired) electrons. The minimum absolute atomic E-state index is 0.0115. The van der Waals surface area contributed by atoms with E-state index in [4.69, 9.17) is 16.3 Å². The van der Waals surface area contributed by atoms with Gasteiger partial charge in [0.2, 0.25) is 0 Å². The highest BCUT2D eigenvalue weighted by Crippen LogP contribution is 2.20. The van der Waals surface area contributed by atoms with Crippen LogP contribution in [0.4, 0.5) is 0 Å². The summed E-state index contributed by atoms with van der Waals surface area (Å²) < 4.78 is 5.84. The lowest BCUT2D eigenvalue weighted by Crippen LogP contribution is -2.45. The van der Waals surface area contributed by atoms with Gasteiger partial charge in [-0.05, 0) is 50.1 Å². The molecule has 2 aromatic carbocycles. The first-order valence-corrected chi connectivity index (χ1v) is 9.48. The maximum Gasteiger partial charge on any atom is 0.263 e. The van der Waals surface area contributed by atoms with E-state index in [1.807, 2.05) is 47.4 Å². The number of nitrogens with zero attached hydrogens (tertiary/aromatic N) is 1. The van der Waals surface area contributed by atoms with E-state index in [-0.39, 0.29) is 5.91 Å². The summed E-state index contributed by atoms with van der Waals surface area (Å²) in [5.74, 6) is 0.597. The lowest BCUT2D eigenvalue weighted by molar-refractivity contribution is -0.139. The van der Waals surface area contributed by atoms with Crippen molar-refractivity contribution >= 4 is 17.5 Å². The maximum atomic E-state index is 13.1. The largest absolute Gasteiger partial charge is 0.481 e. The second-order valence-corrected chi connectivity index (χ2v) is 7.15. The molecule has 1 aliphatic rings. The lowest BCUT2D eigenvalue weighted by atomic mass is 10.1. The number of hydrogen-bond donors (Lipinski definition) is 1. The summed E-state index contributed by atoms with van der Waals surface area (Å²) in [6, 6.07) is 17.6. The third-order valence-electron chi connectivity index (χ3n) is 4.59. The van der Waals surface area contributed by atoms with Crippen LogP contribution in [-0.4, -0.2) is 36.0 Å². The van der Waals surface area contributed by atoms with Gasteiger partial charge >= 0.3 is 0 Å². The van der Waals surface area contributed by atoms with Crippen LogP contribution in [-0.2, 0) is 11.3 Å². The molecule has 1 saturated heterocycles. The van der Waals surface area contributed by atoms with Crippen LogP contribution in [0, 0.1) is 0 Å². The topological polar surface area (TPSA) is 41.6 Å². The first kappa shape index (κ1) is 18.7. The van der Waals surface area contributed by atoms with E-state index in [2.05, 4.69) is 5.32 Å². The molecule has 0 aliphatic carbocycles. The van der Waals surface area contributed by atoms with Crippen molar-refractivity contribution < 1.29 is 9.53 Å². The van der Waals surface area contributed by atoms with Crippen molar-refractivity contribution in [3.05, 3.63) is 65.2 Å². The highest BCUT2D eigenvalue weighted by atomic mass is 35.5. The molecule has 0 saturated carbocycles. The minimum Gasteiger partial charge on any atom is -0.481 e. The first-order chi connectivity index (χ1) is 12.6. The molecule has 2 aromatic rings. The monoisotopic (exact) mass is 372 g/mol. The number of hydrogen-bond acceptors (Lipinski definition) is 3. The zero-order valence-electron chi connectivity index (χ0n) is 15.0. The molecular formula is C21H25ClN2O2. The van der Waals surface area contributed by atoms with Gasteiger partial charge in [0.25, 0.3) is 5.91 Å². The number of benzene rings is 2. The standard InChI is InChI=1S/C21H25ClN2O2/c1-16(26-20-11-5-9-18(22)13-20)21(25)24(15-19-10-6-12-23-19)14-17-7-3-2-4-8-17/h2-5,7-9,11,13,16,19,23H,6,10,12,14-15H2,1H3/t16-,19+/m0/s1. The number of nitrogens with one attached hydrogen (secondary N) is 1. The van der Waals surface area contributed by atoms with Gasteiger partial charge in [-0.2, -0.15) is 0 Å². The molecule has 0 unspecified atom stereocenters. The maximum absolute atomic E-state index is 13.1. The third-order valence-corrected chi connectivity index (χ3v) is 4.82. The van der Waals surface area contributed by atoms with E-state index in [9.17, 15) is 4.79 Å². The molecule has 138 valence electrons. The first-order valence-electron chi connectivity index (χ1n) is 9.10. The molecular weight excluding hydrogens is 348 g/mol. The van der Waals surface area contributed by atoms with Gasteiger partial charge in [0.1, 0.15) is 5.75 Å². The number of rotatable bonds is 7.